The normalized spacial score (nSPS) is 24.3. The van der Waals surface area contributed by atoms with Gasteiger partial charge in [-0.25, -0.2) is 0 Å². The summed E-state index contributed by atoms with van der Waals surface area (Å²) >= 11 is 0. The molecule has 0 aromatic heterocycles. The van der Waals surface area contributed by atoms with Gasteiger partial charge >= 0.3 is 0 Å². The van der Waals surface area contributed by atoms with Crippen LogP contribution < -0.4 is 15.1 Å². The summed E-state index contributed by atoms with van der Waals surface area (Å²) in [6, 6.07) is 8.30. The zero-order valence-corrected chi connectivity index (χ0v) is 15.2. The molecule has 2 saturated heterocycles. The Kier molecular flexibility index (Phi) is 5.11. The number of rotatable bonds is 4. The quantitative estimate of drug-likeness (QED) is 0.895. The first kappa shape index (κ1) is 17.3. The van der Waals surface area contributed by atoms with Crippen molar-refractivity contribution < 1.29 is 14.3 Å². The average molecular weight is 357 g/mol. The summed E-state index contributed by atoms with van der Waals surface area (Å²) in [7, 11) is 0. The van der Waals surface area contributed by atoms with Crippen molar-refractivity contribution in [3.63, 3.8) is 0 Å². The largest absolute Gasteiger partial charge is 0.378 e. The molecule has 1 unspecified atom stereocenters. The molecule has 1 N–H and O–H groups in total. The third-order valence-electron chi connectivity index (χ3n) is 5.72. The number of hydrogen-bond acceptors (Lipinski definition) is 4. The Balaban J connectivity index is 1.48. The molecule has 1 atom stereocenters. The molecular weight excluding hydrogens is 330 g/mol. The molecule has 0 radical (unpaired) electrons. The van der Waals surface area contributed by atoms with Crippen molar-refractivity contribution in [2.75, 3.05) is 42.6 Å². The fraction of sp³-hybridized carbons (Fsp3) is 0.600. The highest BCUT2D eigenvalue weighted by Gasteiger charge is 2.37. The highest BCUT2D eigenvalue weighted by Crippen LogP contribution is 2.34. The van der Waals surface area contributed by atoms with Crippen LogP contribution in [0.15, 0.2) is 24.3 Å². The Morgan fingerprint density at radius 2 is 1.77 bits per heavy atom. The van der Waals surface area contributed by atoms with Crippen LogP contribution in [-0.2, 0) is 14.3 Å². The third-order valence-corrected chi connectivity index (χ3v) is 5.72. The first-order valence-electron chi connectivity index (χ1n) is 9.75. The van der Waals surface area contributed by atoms with Crippen molar-refractivity contribution >= 4 is 23.2 Å². The molecule has 0 spiro atoms. The van der Waals surface area contributed by atoms with Crippen molar-refractivity contribution in [2.45, 2.75) is 38.1 Å². The van der Waals surface area contributed by atoms with Crippen LogP contribution in [0.3, 0.4) is 0 Å². The Bertz CT molecular complexity index is 666. The maximum Gasteiger partial charge on any atom is 0.227 e. The van der Waals surface area contributed by atoms with Crippen molar-refractivity contribution in [1.82, 2.24) is 5.32 Å². The maximum absolute atomic E-state index is 12.7. The number of benzene rings is 1. The summed E-state index contributed by atoms with van der Waals surface area (Å²) in [4.78, 5) is 29.3. The molecule has 1 aromatic rings. The van der Waals surface area contributed by atoms with Gasteiger partial charge in [0.05, 0.1) is 30.5 Å². The van der Waals surface area contributed by atoms with E-state index in [9.17, 15) is 9.59 Å². The molecule has 140 valence electrons. The van der Waals surface area contributed by atoms with E-state index in [2.05, 4.69) is 16.3 Å². The Morgan fingerprint density at radius 3 is 2.50 bits per heavy atom. The number of nitrogens with one attached hydrogen (secondary N) is 1. The minimum absolute atomic E-state index is 0.0385. The van der Waals surface area contributed by atoms with Crippen LogP contribution in [0, 0.1) is 5.92 Å². The first-order valence-corrected chi connectivity index (χ1v) is 9.75. The molecule has 1 saturated carbocycles. The van der Waals surface area contributed by atoms with E-state index in [0.717, 1.165) is 37.3 Å². The average Bonchev–Trinajstić information content (AvgIpc) is 3.32. The van der Waals surface area contributed by atoms with Crippen LogP contribution in [0.4, 0.5) is 11.4 Å². The highest BCUT2D eigenvalue weighted by atomic mass is 16.5. The molecule has 1 aromatic carbocycles. The van der Waals surface area contributed by atoms with Crippen molar-refractivity contribution in [1.29, 1.82) is 0 Å². The predicted octanol–water partition coefficient (Wildman–Crippen LogP) is 1.93. The van der Waals surface area contributed by atoms with Gasteiger partial charge in [0, 0.05) is 32.1 Å². The van der Waals surface area contributed by atoms with E-state index >= 15 is 0 Å². The fourth-order valence-electron chi connectivity index (χ4n) is 4.27. The van der Waals surface area contributed by atoms with Crippen LogP contribution in [0.1, 0.15) is 32.1 Å². The van der Waals surface area contributed by atoms with Crippen LogP contribution in [0.2, 0.25) is 0 Å². The Morgan fingerprint density at radius 1 is 1.08 bits per heavy atom. The molecule has 0 bridgehead atoms. The number of anilines is 2. The minimum Gasteiger partial charge on any atom is -0.378 e. The van der Waals surface area contributed by atoms with Gasteiger partial charge in [-0.05, 0) is 25.0 Å². The van der Waals surface area contributed by atoms with Gasteiger partial charge in [-0.15, -0.1) is 0 Å². The smallest absolute Gasteiger partial charge is 0.227 e. The highest BCUT2D eigenvalue weighted by molar-refractivity contribution is 6.02. The Labute approximate surface area is 154 Å². The minimum atomic E-state index is -0.249. The molecule has 26 heavy (non-hydrogen) atoms. The third kappa shape index (κ3) is 3.56. The lowest BCUT2D eigenvalue weighted by Gasteiger charge is -2.32. The van der Waals surface area contributed by atoms with Gasteiger partial charge in [0.2, 0.25) is 11.8 Å². The molecule has 3 fully saturated rings. The molecule has 6 nitrogen and oxygen atoms in total. The number of carbonyl (C=O) groups excluding carboxylic acids is 2. The summed E-state index contributed by atoms with van der Waals surface area (Å²) in [5.74, 6) is -0.172. The van der Waals surface area contributed by atoms with Gasteiger partial charge in [0.1, 0.15) is 0 Å². The molecule has 3 aliphatic rings. The monoisotopic (exact) mass is 357 g/mol. The van der Waals surface area contributed by atoms with Gasteiger partial charge < -0.3 is 19.9 Å². The van der Waals surface area contributed by atoms with E-state index in [-0.39, 0.29) is 17.7 Å². The summed E-state index contributed by atoms with van der Waals surface area (Å²) < 4.78 is 5.44. The number of morpholine rings is 1. The van der Waals surface area contributed by atoms with Crippen LogP contribution in [-0.4, -0.2) is 50.7 Å². The van der Waals surface area contributed by atoms with E-state index in [1.165, 1.54) is 12.8 Å². The molecule has 6 heteroatoms. The summed E-state index contributed by atoms with van der Waals surface area (Å²) in [5, 5.41) is 3.15. The maximum atomic E-state index is 12.7. The van der Waals surface area contributed by atoms with Crippen LogP contribution in [0.5, 0.6) is 0 Å². The standard InChI is InChI=1S/C20H27N3O3/c24-19-13-15(20(25)21-16-5-1-2-6-16)14-23(19)18-8-4-3-7-17(18)22-9-11-26-12-10-22/h3-4,7-8,15-16H,1-2,5-6,9-14H2,(H,21,25). The van der Waals surface area contributed by atoms with E-state index in [0.29, 0.717) is 32.2 Å². The van der Waals surface area contributed by atoms with E-state index in [1.807, 2.05) is 18.2 Å². The molecule has 1 aliphatic carbocycles. The fourth-order valence-corrected chi connectivity index (χ4v) is 4.27. The lowest BCUT2D eigenvalue weighted by Crippen LogP contribution is -2.39. The van der Waals surface area contributed by atoms with Gasteiger partial charge in [0.15, 0.2) is 0 Å². The topological polar surface area (TPSA) is 61.9 Å². The number of hydrogen-bond donors (Lipinski definition) is 1. The van der Waals surface area contributed by atoms with Gasteiger partial charge in [-0.2, -0.15) is 0 Å². The van der Waals surface area contributed by atoms with Crippen LogP contribution in [0.25, 0.3) is 0 Å². The second kappa shape index (κ2) is 7.66. The Hall–Kier alpha value is -2.08. The number of carbonyl (C=O) groups is 2. The van der Waals surface area contributed by atoms with Gasteiger partial charge in [-0.3, -0.25) is 9.59 Å². The predicted molar refractivity (Wildman–Crippen MR) is 100 cm³/mol. The van der Waals surface area contributed by atoms with Crippen molar-refractivity contribution in [2.24, 2.45) is 5.92 Å². The molecule has 2 heterocycles. The second-order valence-electron chi connectivity index (χ2n) is 7.48. The summed E-state index contributed by atoms with van der Waals surface area (Å²) in [6.07, 6.45) is 4.81. The SMILES string of the molecule is O=C(NC1CCCC1)C1CC(=O)N(c2ccccc2N2CCOCC2)C1. The number of nitrogens with zero attached hydrogens (tertiary/aromatic N) is 2. The molecule has 4 rings (SSSR count). The zero-order chi connectivity index (χ0) is 17.9. The number of ether oxygens (including phenoxy) is 1. The first-order chi connectivity index (χ1) is 12.7. The number of amides is 2. The lowest BCUT2D eigenvalue weighted by molar-refractivity contribution is -0.126. The van der Waals surface area contributed by atoms with E-state index < -0.39 is 0 Å². The van der Waals surface area contributed by atoms with Crippen LogP contribution >= 0.6 is 0 Å². The van der Waals surface area contributed by atoms with Gasteiger partial charge in [-0.1, -0.05) is 25.0 Å². The summed E-state index contributed by atoms with van der Waals surface area (Å²) in [5.41, 5.74) is 1.97. The van der Waals surface area contributed by atoms with Crippen molar-refractivity contribution in [3.8, 4) is 0 Å². The molecule has 2 aliphatic heterocycles. The second-order valence-corrected chi connectivity index (χ2v) is 7.48. The molecule has 2 amide bonds. The van der Waals surface area contributed by atoms with E-state index in [1.54, 1.807) is 4.90 Å². The van der Waals surface area contributed by atoms with Crippen molar-refractivity contribution in [3.05, 3.63) is 24.3 Å². The summed E-state index contributed by atoms with van der Waals surface area (Å²) in [6.45, 7) is 3.53. The van der Waals surface area contributed by atoms with E-state index in [4.69, 9.17) is 4.74 Å². The van der Waals surface area contributed by atoms with Gasteiger partial charge in [0.25, 0.3) is 0 Å². The lowest BCUT2D eigenvalue weighted by atomic mass is 10.1. The zero-order valence-electron chi connectivity index (χ0n) is 15.2. The molecular formula is C20H27N3O3. The number of para-hydroxylation sites is 2.